The van der Waals surface area contributed by atoms with Crippen molar-refractivity contribution in [2.24, 2.45) is 0 Å². The molecule has 21 heavy (non-hydrogen) atoms. The molecule has 0 aliphatic rings. The van der Waals surface area contributed by atoms with Crippen LogP contribution in [-0.4, -0.2) is 9.78 Å². The van der Waals surface area contributed by atoms with Crippen LogP contribution in [0.5, 0.6) is 0 Å². The summed E-state index contributed by atoms with van der Waals surface area (Å²) >= 11 is 0. The normalized spacial score (nSPS) is 10.8. The summed E-state index contributed by atoms with van der Waals surface area (Å²) < 4.78 is 14.8. The molecule has 1 aromatic heterocycles. The molecule has 0 spiro atoms. The molecule has 0 amide bonds. The molecule has 3 nitrogen and oxygen atoms in total. The van der Waals surface area contributed by atoms with E-state index >= 15 is 0 Å². The number of hydrogen-bond acceptors (Lipinski definition) is 2. The number of benzene rings is 2. The largest absolute Gasteiger partial charge is 0.396 e. The third-order valence-corrected chi connectivity index (χ3v) is 3.50. The van der Waals surface area contributed by atoms with Crippen molar-refractivity contribution in [3.63, 3.8) is 0 Å². The van der Waals surface area contributed by atoms with Crippen LogP contribution in [0.15, 0.2) is 54.7 Å². The van der Waals surface area contributed by atoms with Gasteiger partial charge < -0.3 is 5.73 Å². The first-order valence-electron chi connectivity index (χ1n) is 6.77. The van der Waals surface area contributed by atoms with Crippen molar-refractivity contribution in [3.05, 3.63) is 71.7 Å². The molecule has 0 aliphatic heterocycles. The minimum atomic E-state index is -0.267. The molecule has 0 bridgehead atoms. The first-order chi connectivity index (χ1) is 10.1. The summed E-state index contributed by atoms with van der Waals surface area (Å²) in [7, 11) is 0. The van der Waals surface area contributed by atoms with Gasteiger partial charge in [-0.25, -0.2) is 4.39 Å². The van der Waals surface area contributed by atoms with Gasteiger partial charge in [-0.3, -0.25) is 4.68 Å². The van der Waals surface area contributed by atoms with Crippen LogP contribution in [0.3, 0.4) is 0 Å². The summed E-state index contributed by atoms with van der Waals surface area (Å²) in [5.41, 5.74) is 10.5. The minimum Gasteiger partial charge on any atom is -0.396 e. The van der Waals surface area contributed by atoms with Gasteiger partial charge in [0.1, 0.15) is 11.5 Å². The van der Waals surface area contributed by atoms with Gasteiger partial charge in [0.2, 0.25) is 0 Å². The summed E-state index contributed by atoms with van der Waals surface area (Å²) in [6.07, 6.45) is 1.81. The predicted molar refractivity (Wildman–Crippen MR) is 82.3 cm³/mol. The van der Waals surface area contributed by atoms with Crippen molar-refractivity contribution in [2.45, 2.75) is 13.5 Å². The Bertz CT molecular complexity index is 760. The van der Waals surface area contributed by atoms with E-state index in [4.69, 9.17) is 5.73 Å². The predicted octanol–water partition coefficient (Wildman–Crippen LogP) is 3.63. The Morgan fingerprint density at radius 3 is 2.52 bits per heavy atom. The minimum absolute atomic E-state index is 0.267. The lowest BCUT2D eigenvalue weighted by molar-refractivity contribution is 0.628. The molecule has 0 saturated heterocycles. The van der Waals surface area contributed by atoms with E-state index in [-0.39, 0.29) is 5.82 Å². The highest BCUT2D eigenvalue weighted by atomic mass is 19.1. The summed E-state index contributed by atoms with van der Waals surface area (Å²) in [5.74, 6) is -0.267. The fourth-order valence-corrected chi connectivity index (χ4v) is 2.31. The van der Waals surface area contributed by atoms with Gasteiger partial charge in [0.25, 0.3) is 0 Å². The molecule has 0 aliphatic carbocycles. The number of nitrogens with two attached hydrogens (primary N) is 1. The quantitative estimate of drug-likeness (QED) is 0.796. The van der Waals surface area contributed by atoms with Crippen molar-refractivity contribution in [1.29, 1.82) is 0 Å². The Morgan fingerprint density at radius 1 is 1.10 bits per heavy atom. The lowest BCUT2D eigenvalue weighted by Gasteiger charge is -2.05. The number of aromatic nitrogens is 2. The molecule has 106 valence electrons. The number of rotatable bonds is 3. The lowest BCUT2D eigenvalue weighted by atomic mass is 10.1. The molecule has 0 atom stereocenters. The van der Waals surface area contributed by atoms with E-state index in [1.807, 2.05) is 23.0 Å². The Balaban J connectivity index is 1.91. The fourth-order valence-electron chi connectivity index (χ4n) is 2.31. The molecule has 4 heteroatoms. The molecular formula is C17H16FN3. The summed E-state index contributed by atoms with van der Waals surface area (Å²) in [4.78, 5) is 0. The third-order valence-electron chi connectivity index (χ3n) is 3.50. The summed E-state index contributed by atoms with van der Waals surface area (Å²) in [6, 6.07) is 14.4. The smallest absolute Gasteiger partial charge is 0.123 e. The van der Waals surface area contributed by atoms with Crippen LogP contribution in [0.1, 0.15) is 11.1 Å². The first-order valence-corrected chi connectivity index (χ1v) is 6.77. The number of nitrogens with zero attached hydrogens (tertiary/aromatic N) is 2. The SMILES string of the molecule is Cc1ccccc1Cn1cc(N)c(-c2ccc(F)cc2)n1. The zero-order valence-electron chi connectivity index (χ0n) is 11.8. The highest BCUT2D eigenvalue weighted by Crippen LogP contribution is 2.24. The molecule has 1 heterocycles. The second kappa shape index (κ2) is 5.40. The van der Waals surface area contributed by atoms with Crippen LogP contribution < -0.4 is 5.73 Å². The monoisotopic (exact) mass is 281 g/mol. The van der Waals surface area contributed by atoms with E-state index in [0.717, 1.165) is 5.56 Å². The van der Waals surface area contributed by atoms with Gasteiger partial charge in [-0.15, -0.1) is 0 Å². The van der Waals surface area contributed by atoms with Crippen LogP contribution in [-0.2, 0) is 6.54 Å². The maximum absolute atomic E-state index is 13.0. The van der Waals surface area contributed by atoms with Gasteiger partial charge >= 0.3 is 0 Å². The Kier molecular flexibility index (Phi) is 3.44. The van der Waals surface area contributed by atoms with Crippen molar-refractivity contribution in [1.82, 2.24) is 9.78 Å². The van der Waals surface area contributed by atoms with Crippen molar-refractivity contribution in [2.75, 3.05) is 5.73 Å². The van der Waals surface area contributed by atoms with Gasteiger partial charge in [-0.1, -0.05) is 24.3 Å². The van der Waals surface area contributed by atoms with E-state index in [1.54, 1.807) is 12.1 Å². The van der Waals surface area contributed by atoms with Gasteiger partial charge in [0.15, 0.2) is 0 Å². The van der Waals surface area contributed by atoms with Crippen LogP contribution in [0.4, 0.5) is 10.1 Å². The van der Waals surface area contributed by atoms with Crippen LogP contribution >= 0.6 is 0 Å². The van der Waals surface area contributed by atoms with Gasteiger partial charge in [0, 0.05) is 11.8 Å². The van der Waals surface area contributed by atoms with Crippen LogP contribution in [0.25, 0.3) is 11.3 Å². The molecule has 3 aromatic rings. The van der Waals surface area contributed by atoms with Crippen LogP contribution in [0, 0.1) is 12.7 Å². The van der Waals surface area contributed by atoms with E-state index in [1.165, 1.54) is 23.3 Å². The Hall–Kier alpha value is -2.62. The van der Waals surface area contributed by atoms with E-state index in [2.05, 4.69) is 24.2 Å². The number of halogens is 1. The highest BCUT2D eigenvalue weighted by Gasteiger charge is 2.09. The number of aryl methyl sites for hydroxylation is 1. The maximum Gasteiger partial charge on any atom is 0.123 e. The molecule has 0 radical (unpaired) electrons. The van der Waals surface area contributed by atoms with Crippen molar-refractivity contribution >= 4 is 5.69 Å². The fraction of sp³-hybridized carbons (Fsp3) is 0.118. The third kappa shape index (κ3) is 2.79. The van der Waals surface area contributed by atoms with E-state index in [0.29, 0.717) is 17.9 Å². The molecular weight excluding hydrogens is 265 g/mol. The van der Waals surface area contributed by atoms with Gasteiger partial charge in [0.05, 0.1) is 12.2 Å². The Labute approximate surface area is 122 Å². The highest BCUT2D eigenvalue weighted by molar-refractivity contribution is 5.71. The molecule has 0 saturated carbocycles. The van der Waals surface area contributed by atoms with Crippen molar-refractivity contribution in [3.8, 4) is 11.3 Å². The Morgan fingerprint density at radius 2 is 1.81 bits per heavy atom. The zero-order chi connectivity index (χ0) is 14.8. The standard InChI is InChI=1S/C17H16FN3/c1-12-4-2-3-5-14(12)10-21-11-16(19)17(20-21)13-6-8-15(18)9-7-13/h2-9,11H,10,19H2,1H3. The molecule has 2 N–H and O–H groups in total. The average Bonchev–Trinajstić information content (AvgIpc) is 2.83. The molecule has 3 rings (SSSR count). The summed E-state index contributed by atoms with van der Waals surface area (Å²) in [6.45, 7) is 2.74. The molecule has 0 fully saturated rings. The lowest BCUT2D eigenvalue weighted by Crippen LogP contribution is -2.02. The van der Waals surface area contributed by atoms with Gasteiger partial charge in [-0.2, -0.15) is 5.10 Å². The van der Waals surface area contributed by atoms with Crippen molar-refractivity contribution < 1.29 is 4.39 Å². The molecule has 2 aromatic carbocycles. The van der Waals surface area contributed by atoms with E-state index in [9.17, 15) is 4.39 Å². The number of anilines is 1. The number of hydrogen-bond donors (Lipinski definition) is 1. The second-order valence-corrected chi connectivity index (χ2v) is 5.06. The topological polar surface area (TPSA) is 43.8 Å². The summed E-state index contributed by atoms with van der Waals surface area (Å²) in [5, 5.41) is 4.52. The first kappa shape index (κ1) is 13.4. The number of nitrogen functional groups attached to an aromatic ring is 1. The maximum atomic E-state index is 13.0. The van der Waals surface area contributed by atoms with E-state index < -0.39 is 0 Å². The molecule has 0 unspecified atom stereocenters. The zero-order valence-corrected chi connectivity index (χ0v) is 11.8. The van der Waals surface area contributed by atoms with Crippen LogP contribution in [0.2, 0.25) is 0 Å². The second-order valence-electron chi connectivity index (χ2n) is 5.06. The van der Waals surface area contributed by atoms with Gasteiger partial charge in [-0.05, 0) is 42.3 Å². The average molecular weight is 281 g/mol.